The van der Waals surface area contributed by atoms with Crippen LogP contribution in [0.15, 0.2) is 4.99 Å². The second-order valence-corrected chi connectivity index (χ2v) is 8.33. The molecule has 1 fully saturated rings. The topological polar surface area (TPSA) is 42.9 Å². The highest BCUT2D eigenvalue weighted by Crippen LogP contribution is 2.16. The molecule has 0 aromatic heterocycles. The third-order valence-electron chi connectivity index (χ3n) is 5.40. The molecule has 1 rings (SSSR count). The van der Waals surface area contributed by atoms with Gasteiger partial charge in [-0.15, -0.1) is 24.0 Å². The average Bonchev–Trinajstić information content (AvgIpc) is 2.62. The van der Waals surface area contributed by atoms with E-state index in [4.69, 9.17) is 0 Å². The summed E-state index contributed by atoms with van der Waals surface area (Å²) in [5.41, 5.74) is 0. The summed E-state index contributed by atoms with van der Waals surface area (Å²) in [5.74, 6) is 2.45. The molecule has 0 saturated carbocycles. The van der Waals surface area contributed by atoms with Crippen molar-refractivity contribution < 1.29 is 0 Å². The molecule has 2 N–H and O–H groups in total. The van der Waals surface area contributed by atoms with E-state index in [0.29, 0.717) is 6.04 Å². The Morgan fingerprint density at radius 3 is 2.52 bits per heavy atom. The van der Waals surface area contributed by atoms with Crippen LogP contribution in [0.1, 0.15) is 60.3 Å². The van der Waals surface area contributed by atoms with Crippen LogP contribution in [0.3, 0.4) is 0 Å². The van der Waals surface area contributed by atoms with Gasteiger partial charge >= 0.3 is 0 Å². The van der Waals surface area contributed by atoms with E-state index in [-0.39, 0.29) is 24.0 Å². The Kier molecular flexibility index (Phi) is 15.8. The lowest BCUT2D eigenvalue weighted by Gasteiger charge is -2.34. The predicted molar refractivity (Wildman–Crippen MR) is 130 cm³/mol. The molecule has 1 saturated heterocycles. The lowest BCUT2D eigenvalue weighted by Crippen LogP contribution is -2.47. The summed E-state index contributed by atoms with van der Waals surface area (Å²) in [4.78, 5) is 9.55. The first-order valence-electron chi connectivity index (χ1n) is 10.9. The van der Waals surface area contributed by atoms with Crippen molar-refractivity contribution in [1.29, 1.82) is 0 Å². The zero-order chi connectivity index (χ0) is 19.4. The highest BCUT2D eigenvalue weighted by Gasteiger charge is 2.20. The molecule has 0 amide bonds. The van der Waals surface area contributed by atoms with Gasteiger partial charge in [-0.3, -0.25) is 4.99 Å². The molecule has 5 nitrogen and oxygen atoms in total. The molecule has 0 bridgehead atoms. The second kappa shape index (κ2) is 15.8. The van der Waals surface area contributed by atoms with Gasteiger partial charge in [-0.25, -0.2) is 0 Å². The smallest absolute Gasteiger partial charge is 0.191 e. The molecule has 1 aliphatic heterocycles. The Morgan fingerprint density at radius 1 is 1.22 bits per heavy atom. The number of aliphatic imine (C=N–C) groups is 1. The van der Waals surface area contributed by atoms with Gasteiger partial charge in [0.1, 0.15) is 0 Å². The van der Waals surface area contributed by atoms with E-state index in [1.54, 1.807) is 0 Å². The van der Waals surface area contributed by atoms with Crippen LogP contribution in [0.2, 0.25) is 0 Å². The van der Waals surface area contributed by atoms with Crippen molar-refractivity contribution in [2.75, 3.05) is 52.9 Å². The zero-order valence-electron chi connectivity index (χ0n) is 18.8. The van der Waals surface area contributed by atoms with Crippen molar-refractivity contribution in [3.05, 3.63) is 0 Å². The van der Waals surface area contributed by atoms with Crippen LogP contribution < -0.4 is 10.6 Å². The number of halogens is 1. The van der Waals surface area contributed by atoms with Gasteiger partial charge in [0, 0.05) is 32.7 Å². The Balaban J connectivity index is 0.00000676. The van der Waals surface area contributed by atoms with Gasteiger partial charge in [0.15, 0.2) is 5.96 Å². The minimum atomic E-state index is 0. The average molecular weight is 496 g/mol. The molecule has 2 atom stereocenters. The first kappa shape index (κ1) is 26.9. The molecule has 0 spiro atoms. The quantitative estimate of drug-likeness (QED) is 0.261. The fourth-order valence-electron chi connectivity index (χ4n) is 3.90. The van der Waals surface area contributed by atoms with Gasteiger partial charge in [0.05, 0.1) is 0 Å². The highest BCUT2D eigenvalue weighted by atomic mass is 127. The summed E-state index contributed by atoms with van der Waals surface area (Å²) in [7, 11) is 1.88. The first-order chi connectivity index (χ1) is 12.5. The van der Waals surface area contributed by atoms with Gasteiger partial charge in [-0.05, 0) is 70.6 Å². The van der Waals surface area contributed by atoms with E-state index < -0.39 is 0 Å². The van der Waals surface area contributed by atoms with Crippen molar-refractivity contribution >= 4 is 29.9 Å². The number of hydrogen-bond donors (Lipinski definition) is 2. The summed E-state index contributed by atoms with van der Waals surface area (Å²) < 4.78 is 0. The van der Waals surface area contributed by atoms with Crippen LogP contribution in [0, 0.1) is 11.8 Å². The summed E-state index contributed by atoms with van der Waals surface area (Å²) >= 11 is 0. The van der Waals surface area contributed by atoms with Crippen LogP contribution >= 0.6 is 24.0 Å². The monoisotopic (exact) mass is 495 g/mol. The van der Waals surface area contributed by atoms with Gasteiger partial charge in [-0.1, -0.05) is 27.7 Å². The molecule has 6 heteroatoms. The van der Waals surface area contributed by atoms with Crippen molar-refractivity contribution in [2.45, 2.75) is 66.3 Å². The lowest BCUT2D eigenvalue weighted by molar-refractivity contribution is 0.159. The third-order valence-corrected chi connectivity index (χ3v) is 5.40. The van der Waals surface area contributed by atoms with E-state index in [2.05, 4.69) is 60.0 Å². The van der Waals surface area contributed by atoms with Crippen LogP contribution in [-0.2, 0) is 0 Å². The molecule has 1 aliphatic rings. The van der Waals surface area contributed by atoms with E-state index >= 15 is 0 Å². The Labute approximate surface area is 186 Å². The summed E-state index contributed by atoms with van der Waals surface area (Å²) in [6.45, 7) is 19.6. The summed E-state index contributed by atoms with van der Waals surface area (Å²) in [5, 5.41) is 7.13. The summed E-state index contributed by atoms with van der Waals surface area (Å²) in [6, 6.07) is 0.459. The van der Waals surface area contributed by atoms with Crippen LogP contribution in [0.4, 0.5) is 0 Å². The Morgan fingerprint density at radius 2 is 1.93 bits per heavy atom. The van der Waals surface area contributed by atoms with Crippen LogP contribution in [-0.4, -0.2) is 74.7 Å². The van der Waals surface area contributed by atoms with Gasteiger partial charge in [0.2, 0.25) is 0 Å². The van der Waals surface area contributed by atoms with Crippen molar-refractivity contribution in [1.82, 2.24) is 20.4 Å². The fourth-order valence-corrected chi connectivity index (χ4v) is 3.90. The van der Waals surface area contributed by atoms with Crippen LogP contribution in [0.25, 0.3) is 0 Å². The molecule has 0 aromatic rings. The van der Waals surface area contributed by atoms with E-state index in [9.17, 15) is 0 Å². The maximum Gasteiger partial charge on any atom is 0.191 e. The van der Waals surface area contributed by atoms with Gasteiger partial charge in [-0.2, -0.15) is 0 Å². The Hall–Kier alpha value is -0.0800. The van der Waals surface area contributed by atoms with Crippen molar-refractivity contribution in [3.8, 4) is 0 Å². The van der Waals surface area contributed by atoms with Crippen molar-refractivity contribution in [2.24, 2.45) is 16.8 Å². The third kappa shape index (κ3) is 12.2. The SMILES string of the molecule is CCN(CC)CCCC(C)NC(=NC)NCC1CCCN(CC(C)C)C1.I. The minimum Gasteiger partial charge on any atom is -0.356 e. The number of nitrogens with one attached hydrogen (secondary N) is 2. The minimum absolute atomic E-state index is 0. The molecular formula is C21H46IN5. The second-order valence-electron chi connectivity index (χ2n) is 8.33. The van der Waals surface area contributed by atoms with E-state index in [0.717, 1.165) is 37.4 Å². The fraction of sp³-hybridized carbons (Fsp3) is 0.952. The molecule has 27 heavy (non-hydrogen) atoms. The van der Waals surface area contributed by atoms with Gasteiger partial charge < -0.3 is 20.4 Å². The molecule has 0 aromatic carbocycles. The predicted octanol–water partition coefficient (Wildman–Crippen LogP) is 3.65. The van der Waals surface area contributed by atoms with Crippen LogP contribution in [0.5, 0.6) is 0 Å². The normalized spacial score (nSPS) is 19.9. The summed E-state index contributed by atoms with van der Waals surface area (Å²) in [6.07, 6.45) is 5.08. The number of piperidine rings is 1. The highest BCUT2D eigenvalue weighted by molar-refractivity contribution is 14.0. The largest absolute Gasteiger partial charge is 0.356 e. The molecular weight excluding hydrogens is 449 g/mol. The number of hydrogen-bond acceptors (Lipinski definition) is 3. The van der Waals surface area contributed by atoms with E-state index in [1.165, 1.54) is 51.9 Å². The molecule has 0 radical (unpaired) electrons. The number of likely N-dealkylation sites (tertiary alicyclic amines) is 1. The molecule has 0 aliphatic carbocycles. The lowest BCUT2D eigenvalue weighted by atomic mass is 9.97. The van der Waals surface area contributed by atoms with Crippen molar-refractivity contribution in [3.63, 3.8) is 0 Å². The first-order valence-corrected chi connectivity index (χ1v) is 10.9. The maximum atomic E-state index is 4.43. The number of nitrogens with zero attached hydrogens (tertiary/aromatic N) is 3. The number of guanidine groups is 1. The van der Waals surface area contributed by atoms with Gasteiger partial charge in [0.25, 0.3) is 0 Å². The maximum absolute atomic E-state index is 4.43. The molecule has 1 heterocycles. The molecule has 162 valence electrons. The van der Waals surface area contributed by atoms with E-state index in [1.807, 2.05) is 7.05 Å². The standard InChI is InChI=1S/C21H45N5.HI/c1-7-25(8-2)13-9-11-19(5)24-21(22-6)23-15-20-12-10-14-26(17-20)16-18(3)4;/h18-20H,7-17H2,1-6H3,(H2,22,23,24);1H. The zero-order valence-corrected chi connectivity index (χ0v) is 21.1. The molecule has 2 unspecified atom stereocenters. The Bertz CT molecular complexity index is 385. The number of rotatable bonds is 11.